The molecule has 0 amide bonds. The molecule has 1 aliphatic rings. The number of likely N-dealkylation sites (tertiary alicyclic amines) is 1. The zero-order valence-corrected chi connectivity index (χ0v) is 12.5. The Labute approximate surface area is 127 Å². The lowest BCUT2D eigenvalue weighted by molar-refractivity contribution is 0.0702. The van der Waals surface area contributed by atoms with Gasteiger partial charge in [-0.05, 0) is 38.1 Å². The summed E-state index contributed by atoms with van der Waals surface area (Å²) in [6.07, 6.45) is 6.66. The number of hydrogen-bond acceptors (Lipinski definition) is 5. The van der Waals surface area contributed by atoms with Gasteiger partial charge in [0.05, 0.1) is 10.7 Å². The minimum atomic E-state index is -0.910. The first-order valence-electron chi connectivity index (χ1n) is 7.10. The van der Waals surface area contributed by atoms with E-state index in [0.29, 0.717) is 10.6 Å². The van der Waals surface area contributed by atoms with Crippen LogP contribution in [0.15, 0.2) is 24.5 Å². The lowest BCUT2D eigenvalue weighted by Gasteiger charge is -2.12. The summed E-state index contributed by atoms with van der Waals surface area (Å²) in [5.74, 6) is -0.910. The van der Waals surface area contributed by atoms with Crippen molar-refractivity contribution in [2.75, 3.05) is 19.6 Å². The molecular weight excluding hydrogens is 286 g/mol. The molecule has 3 rings (SSSR count). The van der Waals surface area contributed by atoms with Crippen LogP contribution >= 0.6 is 11.3 Å². The van der Waals surface area contributed by atoms with E-state index in [0.717, 1.165) is 36.6 Å². The fourth-order valence-corrected chi connectivity index (χ4v) is 3.50. The van der Waals surface area contributed by atoms with Gasteiger partial charge in [0, 0.05) is 30.9 Å². The monoisotopic (exact) mass is 303 g/mol. The van der Waals surface area contributed by atoms with E-state index >= 15 is 0 Å². The van der Waals surface area contributed by atoms with Gasteiger partial charge in [-0.3, -0.25) is 4.98 Å². The number of thiazole rings is 1. The van der Waals surface area contributed by atoms with Crippen molar-refractivity contribution >= 4 is 17.3 Å². The first-order chi connectivity index (χ1) is 10.2. The summed E-state index contributed by atoms with van der Waals surface area (Å²) < 4.78 is 0. The summed E-state index contributed by atoms with van der Waals surface area (Å²) >= 11 is 1.29. The van der Waals surface area contributed by atoms with Gasteiger partial charge < -0.3 is 10.0 Å². The predicted octanol–water partition coefficient (Wildman–Crippen LogP) is 2.54. The van der Waals surface area contributed by atoms with Crippen molar-refractivity contribution in [1.82, 2.24) is 14.9 Å². The molecular formula is C15H17N3O2S. The lowest BCUT2D eigenvalue weighted by atomic mass is 10.2. The number of rotatable bonds is 5. The van der Waals surface area contributed by atoms with E-state index in [1.807, 2.05) is 0 Å². The number of carboxylic acids is 1. The number of carbonyl (C=O) groups is 1. The average molecular weight is 303 g/mol. The second kappa shape index (κ2) is 6.32. The molecule has 1 aliphatic heterocycles. The molecule has 2 aromatic heterocycles. The Morgan fingerprint density at radius 2 is 2.00 bits per heavy atom. The van der Waals surface area contributed by atoms with E-state index in [2.05, 4.69) is 14.9 Å². The Morgan fingerprint density at radius 1 is 1.29 bits per heavy atom. The maximum absolute atomic E-state index is 11.4. The first kappa shape index (κ1) is 14.2. The molecule has 0 bridgehead atoms. The van der Waals surface area contributed by atoms with E-state index in [9.17, 15) is 9.90 Å². The van der Waals surface area contributed by atoms with Crippen molar-refractivity contribution < 1.29 is 9.90 Å². The molecule has 0 aliphatic carbocycles. The van der Waals surface area contributed by atoms with E-state index in [1.165, 1.54) is 24.2 Å². The molecule has 0 saturated carbocycles. The highest BCUT2D eigenvalue weighted by atomic mass is 32.1. The van der Waals surface area contributed by atoms with Crippen LogP contribution in [0.5, 0.6) is 0 Å². The van der Waals surface area contributed by atoms with Gasteiger partial charge in [0.1, 0.15) is 4.88 Å². The van der Waals surface area contributed by atoms with Gasteiger partial charge in [-0.25, -0.2) is 9.78 Å². The molecule has 1 saturated heterocycles. The Balaban J connectivity index is 1.81. The summed E-state index contributed by atoms with van der Waals surface area (Å²) in [5.41, 5.74) is 1.37. The fraction of sp³-hybridized carbons (Fsp3) is 0.400. The van der Waals surface area contributed by atoms with Crippen LogP contribution in [0.2, 0.25) is 0 Å². The Morgan fingerprint density at radius 3 is 2.67 bits per heavy atom. The van der Waals surface area contributed by atoms with E-state index in [1.54, 1.807) is 24.5 Å². The third kappa shape index (κ3) is 3.28. The van der Waals surface area contributed by atoms with Gasteiger partial charge in [0.15, 0.2) is 0 Å². The third-order valence-corrected chi connectivity index (χ3v) is 4.76. The largest absolute Gasteiger partial charge is 0.477 e. The molecule has 0 unspecified atom stereocenters. The van der Waals surface area contributed by atoms with Crippen molar-refractivity contribution in [3.8, 4) is 11.3 Å². The van der Waals surface area contributed by atoms with Crippen LogP contribution in [0.25, 0.3) is 11.3 Å². The van der Waals surface area contributed by atoms with Crippen molar-refractivity contribution in [1.29, 1.82) is 0 Å². The summed E-state index contributed by atoms with van der Waals surface area (Å²) in [6, 6.07) is 3.59. The van der Waals surface area contributed by atoms with Gasteiger partial charge in [-0.1, -0.05) is 0 Å². The van der Waals surface area contributed by atoms with Crippen LogP contribution in [-0.2, 0) is 6.42 Å². The molecule has 0 radical (unpaired) electrons. The molecule has 1 fully saturated rings. The molecule has 21 heavy (non-hydrogen) atoms. The first-order valence-corrected chi connectivity index (χ1v) is 7.91. The SMILES string of the molecule is O=C(O)c1sc(CCN2CCCC2)nc1-c1ccncc1. The van der Waals surface area contributed by atoms with Crippen LogP contribution in [0.3, 0.4) is 0 Å². The number of hydrogen-bond donors (Lipinski definition) is 1. The highest BCUT2D eigenvalue weighted by Gasteiger charge is 2.19. The van der Waals surface area contributed by atoms with Gasteiger partial charge in [-0.15, -0.1) is 11.3 Å². The summed E-state index contributed by atoms with van der Waals surface area (Å²) in [5, 5.41) is 10.3. The highest BCUT2D eigenvalue weighted by molar-refractivity contribution is 7.14. The normalized spacial score (nSPS) is 15.4. The Hall–Kier alpha value is -1.79. The molecule has 110 valence electrons. The second-order valence-corrected chi connectivity index (χ2v) is 6.21. The molecule has 2 aromatic rings. The van der Waals surface area contributed by atoms with E-state index in [-0.39, 0.29) is 0 Å². The lowest BCUT2D eigenvalue weighted by Crippen LogP contribution is -2.21. The average Bonchev–Trinajstić information content (AvgIpc) is 3.15. The maximum atomic E-state index is 11.4. The summed E-state index contributed by atoms with van der Waals surface area (Å²) in [4.78, 5) is 22.6. The number of aromatic nitrogens is 2. The zero-order valence-electron chi connectivity index (χ0n) is 11.7. The molecule has 3 heterocycles. The van der Waals surface area contributed by atoms with Crippen LogP contribution in [0.4, 0.5) is 0 Å². The number of pyridine rings is 1. The molecule has 6 heteroatoms. The quantitative estimate of drug-likeness (QED) is 0.919. The van der Waals surface area contributed by atoms with E-state index in [4.69, 9.17) is 0 Å². The molecule has 5 nitrogen and oxygen atoms in total. The van der Waals surface area contributed by atoms with Crippen molar-refractivity contribution in [3.63, 3.8) is 0 Å². The molecule has 0 atom stereocenters. The minimum Gasteiger partial charge on any atom is -0.477 e. The van der Waals surface area contributed by atoms with Crippen molar-refractivity contribution in [2.45, 2.75) is 19.3 Å². The fourth-order valence-electron chi connectivity index (χ4n) is 2.58. The van der Waals surface area contributed by atoms with Gasteiger partial charge in [0.2, 0.25) is 0 Å². The molecule has 0 spiro atoms. The predicted molar refractivity (Wildman–Crippen MR) is 81.7 cm³/mol. The van der Waals surface area contributed by atoms with Crippen LogP contribution < -0.4 is 0 Å². The van der Waals surface area contributed by atoms with Crippen molar-refractivity contribution in [3.05, 3.63) is 34.4 Å². The minimum absolute atomic E-state index is 0.317. The van der Waals surface area contributed by atoms with Gasteiger partial charge >= 0.3 is 5.97 Å². The standard InChI is InChI=1S/C15H17N3O2S/c19-15(20)14-13(11-3-6-16-7-4-11)17-12(21-14)5-10-18-8-1-2-9-18/h3-4,6-7H,1-2,5,8-10H2,(H,19,20). The highest BCUT2D eigenvalue weighted by Crippen LogP contribution is 2.28. The molecule has 0 aromatic carbocycles. The second-order valence-electron chi connectivity index (χ2n) is 5.13. The molecule has 1 N–H and O–H groups in total. The topological polar surface area (TPSA) is 66.3 Å². The van der Waals surface area contributed by atoms with Crippen LogP contribution in [-0.4, -0.2) is 45.6 Å². The number of aromatic carboxylic acids is 1. The van der Waals surface area contributed by atoms with Gasteiger partial charge in [0.25, 0.3) is 0 Å². The number of nitrogens with zero attached hydrogens (tertiary/aromatic N) is 3. The number of carboxylic acid groups (broad SMARTS) is 1. The summed E-state index contributed by atoms with van der Waals surface area (Å²) in [7, 11) is 0. The van der Waals surface area contributed by atoms with Crippen LogP contribution in [0, 0.1) is 0 Å². The summed E-state index contributed by atoms with van der Waals surface area (Å²) in [6.45, 7) is 3.26. The van der Waals surface area contributed by atoms with E-state index < -0.39 is 5.97 Å². The van der Waals surface area contributed by atoms with Gasteiger partial charge in [-0.2, -0.15) is 0 Å². The zero-order chi connectivity index (χ0) is 14.7. The Kier molecular flexibility index (Phi) is 4.26. The van der Waals surface area contributed by atoms with Crippen molar-refractivity contribution in [2.24, 2.45) is 0 Å². The smallest absolute Gasteiger partial charge is 0.348 e. The maximum Gasteiger partial charge on any atom is 0.348 e. The Bertz CT molecular complexity index is 621. The third-order valence-electron chi connectivity index (χ3n) is 3.66. The van der Waals surface area contributed by atoms with Crippen LogP contribution in [0.1, 0.15) is 27.5 Å².